The highest BCUT2D eigenvalue weighted by atomic mass is 31.2. The van der Waals surface area contributed by atoms with Gasteiger partial charge in [-0.05, 0) is 122 Å². The fourth-order valence-electron chi connectivity index (χ4n) is 9.87. The molecule has 0 aromatic heterocycles. The van der Waals surface area contributed by atoms with E-state index in [1.54, 1.807) is 0 Å². The summed E-state index contributed by atoms with van der Waals surface area (Å²) in [4.78, 5) is 58.4. The van der Waals surface area contributed by atoms with Crippen LogP contribution in [-0.2, 0) is 55.8 Å². The van der Waals surface area contributed by atoms with Crippen molar-refractivity contribution < 1.29 is 75.8 Å². The zero-order chi connectivity index (χ0) is 68.1. The van der Waals surface area contributed by atoms with Crippen molar-refractivity contribution in [3.05, 3.63) is 85.1 Å². The maximum Gasteiger partial charge on any atom is 0.472 e. The minimum atomic E-state index is -4.93. The zero-order valence-electron chi connectivity index (χ0n) is 58.7. The molecule has 5 atom stereocenters. The molecule has 0 aliphatic heterocycles. The highest BCUT2D eigenvalue weighted by molar-refractivity contribution is 7.47. The summed E-state index contributed by atoms with van der Waals surface area (Å²) in [6.07, 6.45) is 74.9. The van der Waals surface area contributed by atoms with E-state index in [1.807, 2.05) is 0 Å². The van der Waals surface area contributed by atoms with E-state index >= 15 is 0 Å². The Labute approximate surface area is 565 Å². The van der Waals surface area contributed by atoms with E-state index in [2.05, 4.69) is 106 Å². The molecular formula is C75H134O16P2. The van der Waals surface area contributed by atoms with Crippen molar-refractivity contribution in [2.45, 2.75) is 334 Å². The largest absolute Gasteiger partial charge is 0.472 e. The summed E-state index contributed by atoms with van der Waals surface area (Å²) in [5.74, 6) is -1.59. The highest BCUT2D eigenvalue weighted by Gasteiger charge is 2.29. The summed E-state index contributed by atoms with van der Waals surface area (Å²) in [6, 6.07) is 0. The second-order valence-corrected chi connectivity index (χ2v) is 27.6. The first-order valence-corrected chi connectivity index (χ1v) is 39.9. The number of ether oxygens (including phenoxy) is 3. The second-order valence-electron chi connectivity index (χ2n) is 24.7. The van der Waals surface area contributed by atoms with Gasteiger partial charge in [0.1, 0.15) is 25.4 Å². The molecule has 18 heteroatoms. The van der Waals surface area contributed by atoms with Crippen molar-refractivity contribution in [2.24, 2.45) is 0 Å². The molecule has 0 aliphatic carbocycles. The van der Waals surface area contributed by atoms with Gasteiger partial charge >= 0.3 is 33.6 Å². The molecule has 0 aromatic carbocycles. The zero-order valence-corrected chi connectivity index (χ0v) is 60.5. The number of unbranched alkanes of at least 4 members (excludes halogenated alkanes) is 33. The van der Waals surface area contributed by atoms with Gasteiger partial charge < -0.3 is 34.2 Å². The summed E-state index contributed by atoms with van der Waals surface area (Å²) < 4.78 is 61.0. The lowest BCUT2D eigenvalue weighted by Crippen LogP contribution is -2.30. The predicted molar refractivity (Wildman–Crippen MR) is 381 cm³/mol. The number of hydrogen-bond acceptors (Lipinski definition) is 14. The lowest BCUT2D eigenvalue weighted by molar-refractivity contribution is -0.161. The van der Waals surface area contributed by atoms with E-state index in [-0.39, 0.29) is 19.3 Å². The number of hydrogen-bond donors (Lipinski definition) is 4. The van der Waals surface area contributed by atoms with Crippen LogP contribution in [0.25, 0.3) is 0 Å². The van der Waals surface area contributed by atoms with Crippen LogP contribution in [0.4, 0.5) is 0 Å². The van der Waals surface area contributed by atoms with E-state index in [1.165, 1.54) is 128 Å². The number of carbonyl (C=O) groups is 3. The maximum absolute atomic E-state index is 12.9. The van der Waals surface area contributed by atoms with Gasteiger partial charge in [-0.1, -0.05) is 260 Å². The molecule has 0 bridgehead atoms. The van der Waals surface area contributed by atoms with Crippen molar-refractivity contribution in [2.75, 3.05) is 39.6 Å². The molecule has 0 spiro atoms. The van der Waals surface area contributed by atoms with Crippen LogP contribution >= 0.6 is 15.6 Å². The van der Waals surface area contributed by atoms with Crippen molar-refractivity contribution in [1.29, 1.82) is 0 Å². The standard InChI is InChI=1S/C75H134O16P2/c1-4-7-10-13-16-19-22-25-28-29-30-31-32-33-34-35-36-37-38-39-42-44-46-49-52-55-58-61-73(78)85-64-70(76)65-87-92(81,82)88-66-71(77)67-89-93(83,84)90-69-72(91-75(80)63-60-57-54-51-48-45-41-27-24-21-18-15-12-9-6-3)68-86-74(79)62-59-56-53-50-47-43-40-26-23-20-17-14-11-8-5-2/h16-17,19-20,25-28,30-31,33-34,40-41,70-72,76-77H,4-15,18,21-24,29,32,35-39,42-69H2,1-3H3,(H,81,82)(H,83,84)/b19-16-,20-17-,28-25-,31-30-,34-33-,40-26-,41-27-. The van der Waals surface area contributed by atoms with E-state index in [9.17, 15) is 43.5 Å². The fraction of sp³-hybridized carbons (Fsp3) is 0.773. The van der Waals surface area contributed by atoms with Crippen LogP contribution in [0.3, 0.4) is 0 Å². The van der Waals surface area contributed by atoms with Crippen LogP contribution in [0.15, 0.2) is 85.1 Å². The van der Waals surface area contributed by atoms with E-state index < -0.39 is 91.5 Å². The topological polar surface area (TPSA) is 231 Å². The van der Waals surface area contributed by atoms with E-state index in [4.69, 9.17) is 32.3 Å². The van der Waals surface area contributed by atoms with E-state index in [0.29, 0.717) is 19.3 Å². The first-order chi connectivity index (χ1) is 45.2. The van der Waals surface area contributed by atoms with Crippen LogP contribution in [0.1, 0.15) is 316 Å². The van der Waals surface area contributed by atoms with Crippen LogP contribution in [0, 0.1) is 0 Å². The average molecular weight is 1350 g/mol. The quantitative estimate of drug-likeness (QED) is 0.0146. The third-order valence-electron chi connectivity index (χ3n) is 15.6. The Morgan fingerprint density at radius 2 is 0.538 bits per heavy atom. The number of phosphoric ester groups is 2. The minimum absolute atomic E-state index is 0.0931. The molecule has 0 fully saturated rings. The summed E-state index contributed by atoms with van der Waals surface area (Å²) in [5, 5.41) is 20.6. The van der Waals surface area contributed by atoms with Gasteiger partial charge in [-0.15, -0.1) is 0 Å². The van der Waals surface area contributed by atoms with Crippen LogP contribution < -0.4 is 0 Å². The summed E-state index contributed by atoms with van der Waals surface area (Å²) >= 11 is 0. The Kier molecular flexibility index (Phi) is 66.2. The molecule has 0 radical (unpaired) electrons. The fourth-order valence-corrected chi connectivity index (χ4v) is 11.5. The van der Waals surface area contributed by atoms with Crippen LogP contribution in [-0.4, -0.2) is 95.9 Å². The number of carbonyl (C=O) groups excluding carboxylic acids is 3. The summed E-state index contributed by atoms with van der Waals surface area (Å²) in [5.41, 5.74) is 0. The Bertz CT molecular complexity index is 2040. The molecule has 0 heterocycles. The third-order valence-corrected chi connectivity index (χ3v) is 17.5. The molecule has 0 aliphatic rings. The van der Waals surface area contributed by atoms with Gasteiger partial charge in [0, 0.05) is 19.3 Å². The molecule has 0 aromatic rings. The van der Waals surface area contributed by atoms with Gasteiger partial charge in [0.2, 0.25) is 0 Å². The average Bonchev–Trinajstić information content (AvgIpc) is 3.71. The Balaban J connectivity index is 4.52. The van der Waals surface area contributed by atoms with Gasteiger partial charge in [-0.25, -0.2) is 9.13 Å². The van der Waals surface area contributed by atoms with E-state index in [0.717, 1.165) is 128 Å². The van der Waals surface area contributed by atoms with Crippen molar-refractivity contribution in [3.63, 3.8) is 0 Å². The van der Waals surface area contributed by atoms with Crippen molar-refractivity contribution in [1.82, 2.24) is 0 Å². The molecule has 16 nitrogen and oxygen atoms in total. The normalized spacial score (nSPS) is 14.6. The van der Waals surface area contributed by atoms with Gasteiger partial charge in [-0.3, -0.25) is 32.5 Å². The minimum Gasteiger partial charge on any atom is -0.463 e. The van der Waals surface area contributed by atoms with Gasteiger partial charge in [0.15, 0.2) is 6.10 Å². The SMILES string of the molecule is CCCCC/C=C\C/C=C\C/C=C\C/C=C\CCCCCCCCCCCCCC(=O)OCC(O)COP(=O)(O)OCC(O)COP(=O)(O)OCC(COC(=O)CCCCCCC/C=C\C/C=C\CCCCC)OC(=O)CCCCCCC/C=C\CCCCCCCC. The molecule has 4 N–H and O–H groups in total. The molecule has 0 saturated heterocycles. The summed E-state index contributed by atoms with van der Waals surface area (Å²) in [7, 11) is -9.78. The van der Waals surface area contributed by atoms with Crippen LogP contribution in [0.5, 0.6) is 0 Å². The predicted octanol–water partition coefficient (Wildman–Crippen LogP) is 20.9. The van der Waals surface area contributed by atoms with Crippen molar-refractivity contribution in [3.8, 4) is 0 Å². The Hall–Kier alpha value is -3.27. The number of allylic oxidation sites excluding steroid dienone is 14. The molecule has 5 unspecified atom stereocenters. The molecule has 0 rings (SSSR count). The Morgan fingerprint density at radius 1 is 0.301 bits per heavy atom. The van der Waals surface area contributed by atoms with Crippen molar-refractivity contribution >= 4 is 33.6 Å². The van der Waals surface area contributed by atoms with Crippen LogP contribution in [0.2, 0.25) is 0 Å². The molecular weight excluding hydrogens is 1220 g/mol. The number of aliphatic hydroxyl groups excluding tert-OH is 2. The summed E-state index contributed by atoms with van der Waals surface area (Å²) in [6.45, 7) is 2.61. The lowest BCUT2D eigenvalue weighted by atomic mass is 10.0. The second kappa shape index (κ2) is 68.7. The lowest BCUT2D eigenvalue weighted by Gasteiger charge is -2.21. The highest BCUT2D eigenvalue weighted by Crippen LogP contribution is 2.45. The Morgan fingerprint density at radius 3 is 0.882 bits per heavy atom. The third kappa shape index (κ3) is 69.9. The first-order valence-electron chi connectivity index (χ1n) is 36.9. The molecule has 540 valence electrons. The molecule has 0 amide bonds. The number of phosphoric acid groups is 2. The van der Waals surface area contributed by atoms with Gasteiger partial charge in [-0.2, -0.15) is 0 Å². The smallest absolute Gasteiger partial charge is 0.463 e. The molecule has 93 heavy (non-hydrogen) atoms. The van der Waals surface area contributed by atoms with Gasteiger partial charge in [0.25, 0.3) is 0 Å². The number of rotatable bonds is 70. The maximum atomic E-state index is 12.9. The number of esters is 3. The molecule has 0 saturated carbocycles. The number of aliphatic hydroxyl groups is 2. The monoisotopic (exact) mass is 1350 g/mol. The first kappa shape index (κ1) is 89.7. The van der Waals surface area contributed by atoms with Gasteiger partial charge in [0.05, 0.1) is 26.4 Å².